The summed E-state index contributed by atoms with van der Waals surface area (Å²) < 4.78 is 5.31. The first-order chi connectivity index (χ1) is 7.35. The van der Waals surface area contributed by atoms with Crippen molar-refractivity contribution in [2.75, 3.05) is 14.2 Å². The molecular formula is C13H15NO. The number of hydrogen-bond acceptors (Lipinski definition) is 2. The van der Waals surface area contributed by atoms with Crippen LogP contribution in [0.3, 0.4) is 0 Å². The van der Waals surface area contributed by atoms with Gasteiger partial charge >= 0.3 is 0 Å². The molecule has 0 saturated heterocycles. The molecular weight excluding hydrogens is 186 g/mol. The van der Waals surface area contributed by atoms with Crippen LogP contribution in [-0.4, -0.2) is 14.2 Å². The number of benzene rings is 2. The monoisotopic (exact) mass is 201 g/mol. The quantitative estimate of drug-likeness (QED) is 0.824. The van der Waals surface area contributed by atoms with Crippen molar-refractivity contribution in [2.45, 2.75) is 6.54 Å². The first-order valence-corrected chi connectivity index (χ1v) is 5.05. The fourth-order valence-corrected chi connectivity index (χ4v) is 1.80. The van der Waals surface area contributed by atoms with E-state index in [-0.39, 0.29) is 0 Å². The molecule has 0 heterocycles. The predicted molar refractivity (Wildman–Crippen MR) is 63.3 cm³/mol. The van der Waals surface area contributed by atoms with Gasteiger partial charge in [-0.15, -0.1) is 0 Å². The second kappa shape index (κ2) is 4.32. The normalized spacial score (nSPS) is 10.5. The highest BCUT2D eigenvalue weighted by Crippen LogP contribution is 2.25. The maximum absolute atomic E-state index is 5.31. The molecule has 0 aromatic heterocycles. The van der Waals surface area contributed by atoms with Gasteiger partial charge in [-0.05, 0) is 30.1 Å². The Hall–Kier alpha value is -1.54. The molecule has 1 N–H and O–H groups in total. The largest absolute Gasteiger partial charge is 0.496 e. The Kier molecular flexibility index (Phi) is 2.88. The van der Waals surface area contributed by atoms with Crippen LogP contribution in [0, 0.1) is 0 Å². The summed E-state index contributed by atoms with van der Waals surface area (Å²) in [5.41, 5.74) is 1.29. The van der Waals surface area contributed by atoms with Crippen molar-refractivity contribution in [2.24, 2.45) is 0 Å². The summed E-state index contributed by atoms with van der Waals surface area (Å²) in [6, 6.07) is 12.5. The Morgan fingerprint density at radius 1 is 1.20 bits per heavy atom. The Labute approximate surface area is 89.9 Å². The minimum atomic E-state index is 0.896. The maximum atomic E-state index is 5.31. The Bertz CT molecular complexity index is 465. The summed E-state index contributed by atoms with van der Waals surface area (Å²) in [4.78, 5) is 0. The lowest BCUT2D eigenvalue weighted by Crippen LogP contribution is -2.04. The predicted octanol–water partition coefficient (Wildman–Crippen LogP) is 2.57. The molecule has 0 atom stereocenters. The molecule has 15 heavy (non-hydrogen) atoms. The van der Waals surface area contributed by atoms with Crippen molar-refractivity contribution >= 4 is 10.8 Å². The van der Waals surface area contributed by atoms with E-state index in [2.05, 4.69) is 29.6 Å². The van der Waals surface area contributed by atoms with E-state index in [1.165, 1.54) is 16.3 Å². The van der Waals surface area contributed by atoms with Gasteiger partial charge in [0.15, 0.2) is 0 Å². The molecule has 0 aliphatic rings. The van der Waals surface area contributed by atoms with Crippen molar-refractivity contribution < 1.29 is 4.74 Å². The molecule has 0 radical (unpaired) electrons. The highest BCUT2D eigenvalue weighted by Gasteiger charge is 2.00. The number of nitrogens with one attached hydrogen (secondary N) is 1. The third-order valence-electron chi connectivity index (χ3n) is 2.51. The van der Waals surface area contributed by atoms with Crippen LogP contribution in [0.2, 0.25) is 0 Å². The summed E-state index contributed by atoms with van der Waals surface area (Å²) in [7, 11) is 3.66. The van der Waals surface area contributed by atoms with Crippen LogP contribution < -0.4 is 10.1 Å². The molecule has 2 nitrogen and oxygen atoms in total. The van der Waals surface area contributed by atoms with Gasteiger partial charge in [0.1, 0.15) is 5.75 Å². The van der Waals surface area contributed by atoms with E-state index in [9.17, 15) is 0 Å². The zero-order valence-corrected chi connectivity index (χ0v) is 9.08. The molecule has 0 fully saturated rings. The summed E-state index contributed by atoms with van der Waals surface area (Å²) in [6.45, 7) is 0.896. The first kappa shape index (κ1) is 9.99. The fourth-order valence-electron chi connectivity index (χ4n) is 1.80. The lowest BCUT2D eigenvalue weighted by atomic mass is 10.1. The van der Waals surface area contributed by atoms with Crippen LogP contribution in [0.5, 0.6) is 5.75 Å². The van der Waals surface area contributed by atoms with Crippen molar-refractivity contribution in [1.82, 2.24) is 5.32 Å². The van der Waals surface area contributed by atoms with Gasteiger partial charge in [-0.25, -0.2) is 0 Å². The highest BCUT2D eigenvalue weighted by atomic mass is 16.5. The van der Waals surface area contributed by atoms with E-state index >= 15 is 0 Å². The van der Waals surface area contributed by atoms with Gasteiger partial charge in [-0.1, -0.05) is 24.3 Å². The Morgan fingerprint density at radius 3 is 2.80 bits per heavy atom. The Morgan fingerprint density at radius 2 is 2.07 bits per heavy atom. The van der Waals surface area contributed by atoms with E-state index in [1.54, 1.807) is 7.11 Å². The van der Waals surface area contributed by atoms with Crippen LogP contribution in [0.15, 0.2) is 36.4 Å². The zero-order valence-electron chi connectivity index (χ0n) is 9.08. The molecule has 2 rings (SSSR count). The molecule has 2 aromatic rings. The average Bonchev–Trinajstić information content (AvgIpc) is 2.28. The standard InChI is InChI=1S/C13H15NO/c1-14-9-10-6-7-12-11(8-10)4-3-5-13(12)15-2/h3-8,14H,9H2,1-2H3. The minimum Gasteiger partial charge on any atom is -0.496 e. The van der Waals surface area contributed by atoms with Gasteiger partial charge in [0.05, 0.1) is 7.11 Å². The molecule has 0 bridgehead atoms. The second-order valence-electron chi connectivity index (χ2n) is 3.55. The number of fused-ring (bicyclic) bond motifs is 1. The number of hydrogen-bond donors (Lipinski definition) is 1. The van der Waals surface area contributed by atoms with Crippen LogP contribution in [0.25, 0.3) is 10.8 Å². The van der Waals surface area contributed by atoms with E-state index in [1.807, 2.05) is 19.2 Å². The zero-order chi connectivity index (χ0) is 10.7. The summed E-state index contributed by atoms with van der Waals surface area (Å²) in [5.74, 6) is 0.934. The first-order valence-electron chi connectivity index (χ1n) is 5.05. The molecule has 2 heteroatoms. The smallest absolute Gasteiger partial charge is 0.126 e. The van der Waals surface area contributed by atoms with E-state index in [0.29, 0.717) is 0 Å². The Balaban J connectivity index is 2.53. The fraction of sp³-hybridized carbons (Fsp3) is 0.231. The lowest BCUT2D eigenvalue weighted by Gasteiger charge is -2.07. The third kappa shape index (κ3) is 1.95. The van der Waals surface area contributed by atoms with Gasteiger partial charge in [0.2, 0.25) is 0 Å². The number of rotatable bonds is 3. The average molecular weight is 201 g/mol. The van der Waals surface area contributed by atoms with Crippen molar-refractivity contribution in [3.8, 4) is 5.75 Å². The van der Waals surface area contributed by atoms with Gasteiger partial charge in [-0.2, -0.15) is 0 Å². The second-order valence-corrected chi connectivity index (χ2v) is 3.55. The molecule has 0 aliphatic carbocycles. The van der Waals surface area contributed by atoms with Gasteiger partial charge in [0.25, 0.3) is 0 Å². The lowest BCUT2D eigenvalue weighted by molar-refractivity contribution is 0.420. The number of ether oxygens (including phenoxy) is 1. The van der Waals surface area contributed by atoms with E-state index < -0.39 is 0 Å². The summed E-state index contributed by atoms with van der Waals surface area (Å²) >= 11 is 0. The molecule has 78 valence electrons. The third-order valence-corrected chi connectivity index (χ3v) is 2.51. The van der Waals surface area contributed by atoms with Crippen LogP contribution in [0.4, 0.5) is 0 Å². The molecule has 0 spiro atoms. The highest BCUT2D eigenvalue weighted by molar-refractivity contribution is 5.88. The van der Waals surface area contributed by atoms with E-state index in [0.717, 1.165) is 12.3 Å². The summed E-state index contributed by atoms with van der Waals surface area (Å²) in [6.07, 6.45) is 0. The van der Waals surface area contributed by atoms with Crippen molar-refractivity contribution in [3.63, 3.8) is 0 Å². The van der Waals surface area contributed by atoms with Crippen LogP contribution >= 0.6 is 0 Å². The molecule has 0 unspecified atom stereocenters. The van der Waals surface area contributed by atoms with Gasteiger partial charge < -0.3 is 10.1 Å². The minimum absolute atomic E-state index is 0.896. The SMILES string of the molecule is CNCc1ccc2c(OC)cccc2c1. The van der Waals surface area contributed by atoms with Crippen molar-refractivity contribution in [3.05, 3.63) is 42.0 Å². The molecule has 0 aliphatic heterocycles. The topological polar surface area (TPSA) is 21.3 Å². The number of methoxy groups -OCH3 is 1. The summed E-state index contributed by atoms with van der Waals surface area (Å²) in [5, 5.41) is 5.54. The van der Waals surface area contributed by atoms with Crippen LogP contribution in [0.1, 0.15) is 5.56 Å². The van der Waals surface area contributed by atoms with Crippen molar-refractivity contribution in [1.29, 1.82) is 0 Å². The van der Waals surface area contributed by atoms with Gasteiger partial charge in [-0.3, -0.25) is 0 Å². The van der Waals surface area contributed by atoms with Gasteiger partial charge in [0, 0.05) is 11.9 Å². The molecule has 2 aromatic carbocycles. The maximum Gasteiger partial charge on any atom is 0.126 e. The van der Waals surface area contributed by atoms with Crippen LogP contribution in [-0.2, 0) is 6.54 Å². The molecule has 0 saturated carbocycles. The van der Waals surface area contributed by atoms with E-state index in [4.69, 9.17) is 4.74 Å². The molecule has 0 amide bonds.